The van der Waals surface area contributed by atoms with Gasteiger partial charge in [-0.25, -0.2) is 8.78 Å². The zero-order valence-corrected chi connectivity index (χ0v) is 9.97. The highest BCUT2D eigenvalue weighted by molar-refractivity contribution is 5.19. The lowest BCUT2D eigenvalue weighted by molar-refractivity contribution is 0.487. The van der Waals surface area contributed by atoms with E-state index in [-0.39, 0.29) is 6.04 Å². The van der Waals surface area contributed by atoms with Gasteiger partial charge in [-0.2, -0.15) is 0 Å². The van der Waals surface area contributed by atoms with Crippen LogP contribution in [0.1, 0.15) is 25.3 Å². The van der Waals surface area contributed by atoms with Crippen LogP contribution in [0.5, 0.6) is 0 Å². The van der Waals surface area contributed by atoms with Gasteiger partial charge in [-0.05, 0) is 43.9 Å². The van der Waals surface area contributed by atoms with E-state index in [0.717, 1.165) is 24.5 Å². The molecule has 0 saturated heterocycles. The summed E-state index contributed by atoms with van der Waals surface area (Å²) in [6, 6.07) is 3.51. The second-order valence-electron chi connectivity index (χ2n) is 4.34. The Hall–Kier alpha value is -1.26. The maximum atomic E-state index is 13.0. The number of rotatable bonds is 6. The van der Waals surface area contributed by atoms with Gasteiger partial charge in [0.2, 0.25) is 0 Å². The first-order chi connectivity index (χ1) is 8.01. The zero-order valence-electron chi connectivity index (χ0n) is 9.97. The van der Waals surface area contributed by atoms with Crippen LogP contribution in [0.2, 0.25) is 0 Å². The summed E-state index contributed by atoms with van der Waals surface area (Å²) in [5.74, 6) is 4.30. The molecule has 0 aliphatic rings. The molecule has 1 aromatic carbocycles. The van der Waals surface area contributed by atoms with Crippen LogP contribution in [-0.2, 0) is 6.42 Å². The fourth-order valence-electron chi connectivity index (χ4n) is 1.68. The third-order valence-electron chi connectivity index (χ3n) is 2.56. The molecular formula is C13H18F2N2. The summed E-state index contributed by atoms with van der Waals surface area (Å²) in [5, 5.41) is 0. The van der Waals surface area contributed by atoms with E-state index in [0.29, 0.717) is 12.0 Å². The maximum absolute atomic E-state index is 13.0. The fourth-order valence-corrected chi connectivity index (χ4v) is 1.68. The highest BCUT2D eigenvalue weighted by Crippen LogP contribution is 2.13. The molecule has 0 bridgehead atoms. The fraction of sp³-hybridized carbons (Fsp3) is 0.385. The molecule has 0 spiro atoms. The molecule has 1 rings (SSSR count). The van der Waals surface area contributed by atoms with Crippen LogP contribution in [0, 0.1) is 11.6 Å². The van der Waals surface area contributed by atoms with Crippen molar-refractivity contribution in [1.82, 2.24) is 5.43 Å². The van der Waals surface area contributed by atoms with Gasteiger partial charge in [0, 0.05) is 12.1 Å². The largest absolute Gasteiger partial charge is 0.271 e. The molecule has 0 aliphatic heterocycles. The SMILES string of the molecule is C=C(C)CCC(Cc1cc(F)cc(F)c1)NN. The molecule has 2 nitrogen and oxygen atoms in total. The summed E-state index contributed by atoms with van der Waals surface area (Å²) in [5.41, 5.74) is 4.33. The quantitative estimate of drug-likeness (QED) is 0.456. The van der Waals surface area contributed by atoms with Crippen LogP contribution >= 0.6 is 0 Å². The maximum Gasteiger partial charge on any atom is 0.126 e. The zero-order chi connectivity index (χ0) is 12.8. The highest BCUT2D eigenvalue weighted by Gasteiger charge is 2.09. The Kier molecular flexibility index (Phi) is 5.25. The minimum absolute atomic E-state index is 0.00657. The first-order valence-electron chi connectivity index (χ1n) is 5.56. The van der Waals surface area contributed by atoms with Crippen LogP contribution < -0.4 is 11.3 Å². The summed E-state index contributed by atoms with van der Waals surface area (Å²) < 4.78 is 26.0. The summed E-state index contributed by atoms with van der Waals surface area (Å²) >= 11 is 0. The molecule has 1 aromatic rings. The van der Waals surface area contributed by atoms with Crippen molar-refractivity contribution in [3.63, 3.8) is 0 Å². The van der Waals surface area contributed by atoms with Crippen LogP contribution in [0.15, 0.2) is 30.4 Å². The molecule has 4 heteroatoms. The Bertz CT molecular complexity index is 371. The van der Waals surface area contributed by atoms with Crippen molar-refractivity contribution >= 4 is 0 Å². The van der Waals surface area contributed by atoms with Gasteiger partial charge in [-0.3, -0.25) is 11.3 Å². The Morgan fingerprint density at radius 2 is 1.94 bits per heavy atom. The number of allylic oxidation sites excluding steroid dienone is 1. The van der Waals surface area contributed by atoms with Crippen LogP contribution in [0.4, 0.5) is 8.78 Å². The minimum atomic E-state index is -0.560. The third kappa shape index (κ3) is 5.06. The first-order valence-corrected chi connectivity index (χ1v) is 5.56. The average molecular weight is 240 g/mol. The van der Waals surface area contributed by atoms with Crippen molar-refractivity contribution in [2.75, 3.05) is 0 Å². The number of hydrogen-bond acceptors (Lipinski definition) is 2. The van der Waals surface area contributed by atoms with E-state index < -0.39 is 11.6 Å². The Morgan fingerprint density at radius 1 is 1.35 bits per heavy atom. The highest BCUT2D eigenvalue weighted by atomic mass is 19.1. The van der Waals surface area contributed by atoms with Crippen molar-refractivity contribution in [2.45, 2.75) is 32.2 Å². The smallest absolute Gasteiger partial charge is 0.126 e. The third-order valence-corrected chi connectivity index (χ3v) is 2.56. The first kappa shape index (κ1) is 13.8. The summed E-state index contributed by atoms with van der Waals surface area (Å²) in [6.45, 7) is 5.75. The van der Waals surface area contributed by atoms with Crippen LogP contribution in [0.25, 0.3) is 0 Å². The molecule has 0 heterocycles. The standard InChI is InChI=1S/C13H18F2N2/c1-9(2)3-4-13(17-16)7-10-5-11(14)8-12(15)6-10/h5-6,8,13,17H,1,3-4,7,16H2,2H3. The Balaban J connectivity index is 2.63. The van der Waals surface area contributed by atoms with Gasteiger partial charge in [-0.15, -0.1) is 6.58 Å². The van der Waals surface area contributed by atoms with Gasteiger partial charge in [-0.1, -0.05) is 5.57 Å². The van der Waals surface area contributed by atoms with E-state index in [2.05, 4.69) is 12.0 Å². The summed E-state index contributed by atoms with van der Waals surface area (Å²) in [7, 11) is 0. The number of hydrogen-bond donors (Lipinski definition) is 2. The summed E-state index contributed by atoms with van der Waals surface area (Å²) in [6.07, 6.45) is 2.13. The van der Waals surface area contributed by atoms with E-state index in [1.165, 1.54) is 12.1 Å². The van der Waals surface area contributed by atoms with Crippen molar-refractivity contribution in [1.29, 1.82) is 0 Å². The second-order valence-corrected chi connectivity index (χ2v) is 4.34. The molecule has 3 N–H and O–H groups in total. The number of halogens is 2. The number of nitrogens with one attached hydrogen (secondary N) is 1. The predicted octanol–water partition coefficient (Wildman–Crippen LogP) is 2.70. The molecule has 1 atom stereocenters. The van der Waals surface area contributed by atoms with E-state index in [1.807, 2.05) is 6.92 Å². The molecule has 1 unspecified atom stereocenters. The van der Waals surface area contributed by atoms with Crippen molar-refractivity contribution < 1.29 is 8.78 Å². The number of benzene rings is 1. The van der Waals surface area contributed by atoms with Gasteiger partial charge < -0.3 is 0 Å². The van der Waals surface area contributed by atoms with Crippen molar-refractivity contribution in [3.05, 3.63) is 47.5 Å². The topological polar surface area (TPSA) is 38.0 Å². The van der Waals surface area contributed by atoms with E-state index in [9.17, 15) is 8.78 Å². The average Bonchev–Trinajstić information content (AvgIpc) is 2.22. The van der Waals surface area contributed by atoms with Crippen molar-refractivity contribution in [2.24, 2.45) is 5.84 Å². The number of nitrogens with two attached hydrogens (primary N) is 1. The van der Waals surface area contributed by atoms with Gasteiger partial charge in [0.15, 0.2) is 0 Å². The Morgan fingerprint density at radius 3 is 2.41 bits per heavy atom. The monoisotopic (exact) mass is 240 g/mol. The summed E-state index contributed by atoms with van der Waals surface area (Å²) in [4.78, 5) is 0. The molecule has 0 amide bonds. The van der Waals surface area contributed by atoms with E-state index in [1.54, 1.807) is 0 Å². The van der Waals surface area contributed by atoms with Gasteiger partial charge >= 0.3 is 0 Å². The molecule has 0 aromatic heterocycles. The number of hydrazine groups is 1. The molecule has 94 valence electrons. The van der Waals surface area contributed by atoms with Crippen LogP contribution in [-0.4, -0.2) is 6.04 Å². The lowest BCUT2D eigenvalue weighted by atomic mass is 10.0. The van der Waals surface area contributed by atoms with Crippen molar-refractivity contribution in [3.8, 4) is 0 Å². The van der Waals surface area contributed by atoms with Gasteiger partial charge in [0.25, 0.3) is 0 Å². The predicted molar refractivity (Wildman–Crippen MR) is 65.2 cm³/mol. The molecule has 0 radical (unpaired) electrons. The Labute approximate surface area is 100 Å². The molecule has 0 fully saturated rings. The van der Waals surface area contributed by atoms with Gasteiger partial charge in [0.1, 0.15) is 11.6 Å². The lowest BCUT2D eigenvalue weighted by Crippen LogP contribution is -2.36. The molecule has 0 aliphatic carbocycles. The van der Waals surface area contributed by atoms with Gasteiger partial charge in [0.05, 0.1) is 0 Å². The second kappa shape index (κ2) is 6.47. The van der Waals surface area contributed by atoms with E-state index in [4.69, 9.17) is 5.84 Å². The lowest BCUT2D eigenvalue weighted by Gasteiger charge is -2.16. The molecule has 0 saturated carbocycles. The normalized spacial score (nSPS) is 12.5. The van der Waals surface area contributed by atoms with E-state index >= 15 is 0 Å². The minimum Gasteiger partial charge on any atom is -0.271 e. The molecule has 17 heavy (non-hydrogen) atoms. The molecular weight excluding hydrogens is 222 g/mol. The van der Waals surface area contributed by atoms with Crippen LogP contribution in [0.3, 0.4) is 0 Å².